The summed E-state index contributed by atoms with van der Waals surface area (Å²) in [5.74, 6) is 0.336. The van der Waals surface area contributed by atoms with Gasteiger partial charge in [0, 0.05) is 23.6 Å². The number of hydrogen-bond acceptors (Lipinski definition) is 4. The number of rotatable bonds is 5. The summed E-state index contributed by atoms with van der Waals surface area (Å²) < 4.78 is 5.27. The van der Waals surface area contributed by atoms with Crippen molar-refractivity contribution in [2.24, 2.45) is 5.10 Å². The van der Waals surface area contributed by atoms with Gasteiger partial charge in [-0.2, -0.15) is 5.10 Å². The molecule has 0 spiro atoms. The Morgan fingerprint density at radius 3 is 2.92 bits per heavy atom. The lowest BCUT2D eigenvalue weighted by Crippen LogP contribution is -2.39. The van der Waals surface area contributed by atoms with Gasteiger partial charge in [-0.15, -0.1) is 0 Å². The van der Waals surface area contributed by atoms with Crippen LogP contribution in [0, 0.1) is 0 Å². The first-order valence-corrected chi connectivity index (χ1v) is 8.34. The van der Waals surface area contributed by atoms with Gasteiger partial charge in [0.1, 0.15) is 12.3 Å². The van der Waals surface area contributed by atoms with Crippen molar-refractivity contribution in [2.75, 3.05) is 20.2 Å². The second kappa shape index (κ2) is 8.68. The van der Waals surface area contributed by atoms with Crippen molar-refractivity contribution in [3.63, 3.8) is 0 Å². The van der Waals surface area contributed by atoms with Gasteiger partial charge in [0.05, 0.1) is 12.8 Å². The molecule has 130 valence electrons. The number of nitrogens with zero attached hydrogens (tertiary/aromatic N) is 2. The molecule has 1 fully saturated rings. The summed E-state index contributed by atoms with van der Waals surface area (Å²) in [7, 11) is 1.56. The van der Waals surface area contributed by atoms with E-state index < -0.39 is 0 Å². The number of methoxy groups -OCH3 is 1. The molecular formula is C17H22ClN3O3. The zero-order chi connectivity index (χ0) is 17.5. The highest BCUT2D eigenvalue weighted by Gasteiger charge is 2.19. The number of nitrogens with one attached hydrogen (secondary N) is 1. The van der Waals surface area contributed by atoms with Gasteiger partial charge < -0.3 is 9.64 Å². The van der Waals surface area contributed by atoms with Crippen LogP contribution in [0.4, 0.5) is 0 Å². The first-order valence-electron chi connectivity index (χ1n) is 7.96. The Morgan fingerprint density at radius 2 is 2.17 bits per heavy atom. The SMILES string of the molecule is COc1ccc(Cl)cc1/C(C)=N\NC(=O)CN1CCCCCC1=O. The molecule has 0 aromatic heterocycles. The fraction of sp³-hybridized carbons (Fsp3) is 0.471. The second-order valence-electron chi connectivity index (χ2n) is 5.70. The van der Waals surface area contributed by atoms with E-state index in [1.54, 1.807) is 37.1 Å². The smallest absolute Gasteiger partial charge is 0.259 e. The average molecular weight is 352 g/mol. The second-order valence-corrected chi connectivity index (χ2v) is 6.14. The Balaban J connectivity index is 2.00. The highest BCUT2D eigenvalue weighted by Crippen LogP contribution is 2.23. The zero-order valence-electron chi connectivity index (χ0n) is 14.0. The number of benzene rings is 1. The molecule has 2 amide bonds. The van der Waals surface area contributed by atoms with E-state index in [4.69, 9.17) is 16.3 Å². The van der Waals surface area contributed by atoms with Crippen molar-refractivity contribution in [3.8, 4) is 5.75 Å². The number of hydrazone groups is 1. The normalized spacial score (nSPS) is 15.9. The Morgan fingerprint density at radius 1 is 1.38 bits per heavy atom. The number of likely N-dealkylation sites (tertiary alicyclic amines) is 1. The topological polar surface area (TPSA) is 71.0 Å². The molecule has 0 bridgehead atoms. The summed E-state index contributed by atoms with van der Waals surface area (Å²) in [5, 5.41) is 4.66. The van der Waals surface area contributed by atoms with Crippen molar-refractivity contribution in [1.29, 1.82) is 0 Å². The Kier molecular flexibility index (Phi) is 6.61. The van der Waals surface area contributed by atoms with Crippen LogP contribution < -0.4 is 10.2 Å². The third-order valence-corrected chi connectivity index (χ3v) is 4.14. The molecule has 0 aliphatic carbocycles. The van der Waals surface area contributed by atoms with E-state index in [0.717, 1.165) is 19.3 Å². The van der Waals surface area contributed by atoms with Crippen molar-refractivity contribution >= 4 is 29.1 Å². The lowest BCUT2D eigenvalue weighted by Gasteiger charge is -2.19. The largest absolute Gasteiger partial charge is 0.496 e. The summed E-state index contributed by atoms with van der Waals surface area (Å²) >= 11 is 6.00. The molecule has 1 aliphatic rings. The lowest BCUT2D eigenvalue weighted by molar-refractivity contribution is -0.135. The van der Waals surface area contributed by atoms with E-state index in [0.29, 0.717) is 35.0 Å². The minimum atomic E-state index is -0.314. The van der Waals surface area contributed by atoms with E-state index >= 15 is 0 Å². The molecule has 7 heteroatoms. The summed E-state index contributed by atoms with van der Waals surface area (Å²) in [6.07, 6.45) is 3.36. The van der Waals surface area contributed by atoms with Crippen LogP contribution in [0.2, 0.25) is 5.02 Å². The zero-order valence-corrected chi connectivity index (χ0v) is 14.7. The molecule has 1 heterocycles. The van der Waals surface area contributed by atoms with Crippen LogP contribution in [-0.2, 0) is 9.59 Å². The molecule has 6 nitrogen and oxygen atoms in total. The minimum absolute atomic E-state index is 0.0276. The van der Waals surface area contributed by atoms with Crippen molar-refractivity contribution < 1.29 is 14.3 Å². The van der Waals surface area contributed by atoms with Gasteiger partial charge in [-0.25, -0.2) is 5.43 Å². The highest BCUT2D eigenvalue weighted by molar-refractivity contribution is 6.31. The maximum Gasteiger partial charge on any atom is 0.259 e. The van der Waals surface area contributed by atoms with Crippen LogP contribution in [0.1, 0.15) is 38.2 Å². The molecule has 0 saturated carbocycles. The van der Waals surface area contributed by atoms with Gasteiger partial charge in [-0.1, -0.05) is 18.0 Å². The number of carbonyl (C=O) groups is 2. The first kappa shape index (κ1) is 18.3. The van der Waals surface area contributed by atoms with Crippen LogP contribution in [0.5, 0.6) is 5.75 Å². The number of ether oxygens (including phenoxy) is 1. The third kappa shape index (κ3) is 4.96. The average Bonchev–Trinajstić information content (AvgIpc) is 2.77. The Hall–Kier alpha value is -2.08. The first-order chi connectivity index (χ1) is 11.5. The maximum atomic E-state index is 12.1. The number of amides is 2. The number of carbonyl (C=O) groups excluding carboxylic acids is 2. The molecule has 2 rings (SSSR count). The third-order valence-electron chi connectivity index (χ3n) is 3.91. The maximum absolute atomic E-state index is 12.1. The molecule has 0 atom stereocenters. The van der Waals surface area contributed by atoms with Crippen LogP contribution in [-0.4, -0.2) is 42.6 Å². The van der Waals surface area contributed by atoms with E-state index in [1.807, 2.05) is 0 Å². The summed E-state index contributed by atoms with van der Waals surface area (Å²) in [4.78, 5) is 25.6. The predicted octanol–water partition coefficient (Wildman–Crippen LogP) is 2.59. The molecule has 24 heavy (non-hydrogen) atoms. The monoisotopic (exact) mass is 351 g/mol. The van der Waals surface area contributed by atoms with Crippen molar-refractivity contribution in [1.82, 2.24) is 10.3 Å². The van der Waals surface area contributed by atoms with Gasteiger partial charge in [-0.3, -0.25) is 9.59 Å². The van der Waals surface area contributed by atoms with Gasteiger partial charge in [0.2, 0.25) is 5.91 Å². The van der Waals surface area contributed by atoms with Crippen molar-refractivity contribution in [2.45, 2.75) is 32.6 Å². The van der Waals surface area contributed by atoms with E-state index in [2.05, 4.69) is 10.5 Å². The van der Waals surface area contributed by atoms with Crippen LogP contribution in [0.15, 0.2) is 23.3 Å². The van der Waals surface area contributed by atoms with Gasteiger partial charge in [0.25, 0.3) is 5.91 Å². The van der Waals surface area contributed by atoms with Gasteiger partial charge in [0.15, 0.2) is 0 Å². The molecule has 1 aromatic rings. The van der Waals surface area contributed by atoms with E-state index in [1.165, 1.54) is 0 Å². The summed E-state index contributed by atoms with van der Waals surface area (Å²) in [6, 6.07) is 5.19. The van der Waals surface area contributed by atoms with Crippen LogP contribution >= 0.6 is 11.6 Å². The fourth-order valence-corrected chi connectivity index (χ4v) is 2.76. The van der Waals surface area contributed by atoms with Crippen molar-refractivity contribution in [3.05, 3.63) is 28.8 Å². The quantitative estimate of drug-likeness (QED) is 0.654. The Labute approximate surface area is 146 Å². The number of halogens is 1. The summed E-state index contributed by atoms with van der Waals surface area (Å²) in [5.41, 5.74) is 3.78. The molecule has 1 aliphatic heterocycles. The Bertz CT molecular complexity index is 646. The van der Waals surface area contributed by atoms with E-state index in [9.17, 15) is 9.59 Å². The molecule has 0 radical (unpaired) electrons. The number of hydrogen-bond donors (Lipinski definition) is 1. The molecule has 1 aromatic carbocycles. The molecular weight excluding hydrogens is 330 g/mol. The predicted molar refractivity (Wildman–Crippen MR) is 93.4 cm³/mol. The van der Waals surface area contributed by atoms with Crippen LogP contribution in [0.25, 0.3) is 0 Å². The standard InChI is InChI=1S/C17H22ClN3O3/c1-12(14-10-13(18)7-8-15(14)24-2)19-20-16(22)11-21-9-5-3-4-6-17(21)23/h7-8,10H,3-6,9,11H2,1-2H3,(H,20,22)/b19-12-. The molecule has 1 saturated heterocycles. The highest BCUT2D eigenvalue weighted by atomic mass is 35.5. The molecule has 1 N–H and O–H groups in total. The van der Waals surface area contributed by atoms with Gasteiger partial charge in [-0.05, 0) is 38.0 Å². The van der Waals surface area contributed by atoms with Crippen LogP contribution in [0.3, 0.4) is 0 Å². The minimum Gasteiger partial charge on any atom is -0.496 e. The van der Waals surface area contributed by atoms with E-state index in [-0.39, 0.29) is 18.4 Å². The lowest BCUT2D eigenvalue weighted by atomic mass is 10.1. The fourth-order valence-electron chi connectivity index (χ4n) is 2.58. The summed E-state index contributed by atoms with van der Waals surface area (Å²) in [6.45, 7) is 2.41. The van der Waals surface area contributed by atoms with Gasteiger partial charge >= 0.3 is 0 Å². The molecule has 0 unspecified atom stereocenters.